The van der Waals surface area contributed by atoms with Crippen LogP contribution in [0.2, 0.25) is 5.02 Å². The number of nitrogens with zero attached hydrogens (tertiary/aromatic N) is 4. The fraction of sp³-hybridized carbons (Fsp3) is 0.182. The highest BCUT2D eigenvalue weighted by Crippen LogP contribution is 2.35. The van der Waals surface area contributed by atoms with Crippen LogP contribution >= 0.6 is 11.6 Å². The number of aliphatic imine (C=N–C) groups is 2. The van der Waals surface area contributed by atoms with E-state index in [1.165, 1.54) is 6.07 Å². The van der Waals surface area contributed by atoms with Crippen LogP contribution in [0, 0.1) is 12.7 Å². The number of rotatable bonds is 6. The topological polar surface area (TPSA) is 62.5 Å². The van der Waals surface area contributed by atoms with Gasteiger partial charge in [0.25, 0.3) is 0 Å². The number of allylic oxidation sites excluding steroid dienone is 1. The number of hydrogen-bond donors (Lipinski definition) is 1. The highest BCUT2D eigenvalue weighted by atomic mass is 35.5. The van der Waals surface area contributed by atoms with Gasteiger partial charge in [-0.05, 0) is 50.4 Å². The van der Waals surface area contributed by atoms with E-state index in [0.717, 1.165) is 16.5 Å². The monoisotopic (exact) mass is 409 g/mol. The van der Waals surface area contributed by atoms with Crippen LogP contribution in [0.25, 0.3) is 16.6 Å². The minimum absolute atomic E-state index is 0.322. The second-order valence-electron chi connectivity index (χ2n) is 6.52. The van der Waals surface area contributed by atoms with Gasteiger partial charge in [-0.3, -0.25) is 9.98 Å². The van der Waals surface area contributed by atoms with E-state index in [9.17, 15) is 4.39 Å². The Morgan fingerprint density at radius 3 is 2.86 bits per heavy atom. The molecule has 0 amide bonds. The summed E-state index contributed by atoms with van der Waals surface area (Å²) < 4.78 is 14.7. The van der Waals surface area contributed by atoms with Crippen molar-refractivity contribution in [1.82, 2.24) is 9.97 Å². The number of aromatic nitrogens is 2. The van der Waals surface area contributed by atoms with Crippen LogP contribution in [-0.2, 0) is 0 Å². The standard InChI is InChI=1S/C22H21ClFN5/c1-13(18-10-15(7-8-19(18)24)16(11-25-3)12-26-4)28-21-17-6-5-9-27-22(17)29-14(2)20(21)23/h5-13H,3H2,1-2,4H3,(H,27,28,29)/b16-11+,26-12?/t13-/m1/s1. The maximum atomic E-state index is 14.7. The summed E-state index contributed by atoms with van der Waals surface area (Å²) in [5.41, 5.74) is 3.94. The molecule has 2 heterocycles. The predicted molar refractivity (Wildman–Crippen MR) is 120 cm³/mol. The Morgan fingerprint density at radius 2 is 2.14 bits per heavy atom. The third-order valence-electron chi connectivity index (χ3n) is 4.52. The normalized spacial score (nSPS) is 13.1. The Hall–Kier alpha value is -3.12. The van der Waals surface area contributed by atoms with Crippen LogP contribution in [0.1, 0.15) is 29.8 Å². The summed E-state index contributed by atoms with van der Waals surface area (Å²) in [4.78, 5) is 16.6. The van der Waals surface area contributed by atoms with Gasteiger partial charge < -0.3 is 5.32 Å². The molecule has 3 rings (SSSR count). The third kappa shape index (κ3) is 4.32. The average Bonchev–Trinajstić information content (AvgIpc) is 2.71. The lowest BCUT2D eigenvalue weighted by Crippen LogP contribution is -2.11. The zero-order chi connectivity index (χ0) is 21.0. The molecule has 0 saturated heterocycles. The zero-order valence-electron chi connectivity index (χ0n) is 16.4. The number of pyridine rings is 2. The van der Waals surface area contributed by atoms with E-state index in [2.05, 4.69) is 32.0 Å². The molecule has 0 spiro atoms. The first-order valence-corrected chi connectivity index (χ1v) is 9.39. The second kappa shape index (κ2) is 8.92. The summed E-state index contributed by atoms with van der Waals surface area (Å²) in [5.74, 6) is -0.322. The molecular weight excluding hydrogens is 389 g/mol. The van der Waals surface area contributed by atoms with Crippen molar-refractivity contribution in [3.63, 3.8) is 0 Å². The largest absolute Gasteiger partial charge is 0.377 e. The minimum atomic E-state index is -0.367. The first kappa shape index (κ1) is 20.6. The molecule has 1 N–H and O–H groups in total. The van der Waals surface area contributed by atoms with Crippen LogP contribution in [0.4, 0.5) is 10.1 Å². The van der Waals surface area contributed by atoms with Crippen LogP contribution < -0.4 is 5.32 Å². The van der Waals surface area contributed by atoms with E-state index < -0.39 is 0 Å². The fourth-order valence-electron chi connectivity index (χ4n) is 3.10. The molecule has 0 bridgehead atoms. The zero-order valence-corrected chi connectivity index (χ0v) is 17.2. The molecule has 3 aromatic rings. The molecule has 0 fully saturated rings. The Labute approximate surface area is 174 Å². The van der Waals surface area contributed by atoms with Crippen molar-refractivity contribution in [2.45, 2.75) is 19.9 Å². The highest BCUT2D eigenvalue weighted by molar-refractivity contribution is 6.35. The summed E-state index contributed by atoms with van der Waals surface area (Å²) in [7, 11) is 1.67. The van der Waals surface area contributed by atoms with Crippen molar-refractivity contribution in [3.8, 4) is 0 Å². The summed E-state index contributed by atoms with van der Waals surface area (Å²) in [6, 6.07) is 8.23. The molecule has 0 aliphatic heterocycles. The molecule has 2 aromatic heterocycles. The van der Waals surface area contributed by atoms with Crippen molar-refractivity contribution in [3.05, 3.63) is 70.4 Å². The van der Waals surface area contributed by atoms with Crippen LogP contribution in [0.15, 0.2) is 52.7 Å². The molecular formula is C22H21ClFN5. The van der Waals surface area contributed by atoms with Crippen LogP contribution in [0.5, 0.6) is 0 Å². The summed E-state index contributed by atoms with van der Waals surface area (Å²) >= 11 is 6.52. The van der Waals surface area contributed by atoms with E-state index >= 15 is 0 Å². The van der Waals surface area contributed by atoms with Gasteiger partial charge in [-0.15, -0.1) is 0 Å². The van der Waals surface area contributed by atoms with Gasteiger partial charge in [0, 0.05) is 42.2 Å². The molecule has 1 atom stereocenters. The highest BCUT2D eigenvalue weighted by Gasteiger charge is 2.17. The van der Waals surface area contributed by atoms with Crippen molar-refractivity contribution in [2.24, 2.45) is 9.98 Å². The lowest BCUT2D eigenvalue weighted by Gasteiger charge is -2.20. The van der Waals surface area contributed by atoms with Crippen LogP contribution in [0.3, 0.4) is 0 Å². The number of fused-ring (bicyclic) bond motifs is 1. The van der Waals surface area contributed by atoms with Gasteiger partial charge in [0.15, 0.2) is 5.65 Å². The molecule has 0 aliphatic rings. The van der Waals surface area contributed by atoms with Crippen molar-refractivity contribution in [1.29, 1.82) is 0 Å². The van der Waals surface area contributed by atoms with Gasteiger partial charge in [0.1, 0.15) is 5.82 Å². The molecule has 7 heteroatoms. The Morgan fingerprint density at radius 1 is 1.34 bits per heavy atom. The lowest BCUT2D eigenvalue weighted by atomic mass is 10.00. The number of benzene rings is 1. The summed E-state index contributed by atoms with van der Waals surface area (Å²) in [6.07, 6.45) is 4.92. The first-order valence-electron chi connectivity index (χ1n) is 9.01. The van der Waals surface area contributed by atoms with E-state index in [0.29, 0.717) is 27.6 Å². The van der Waals surface area contributed by atoms with Crippen molar-refractivity contribution < 1.29 is 4.39 Å². The quantitative estimate of drug-likeness (QED) is 0.535. The van der Waals surface area contributed by atoms with Gasteiger partial charge in [0.05, 0.1) is 22.4 Å². The maximum Gasteiger partial charge on any atom is 0.161 e. The molecule has 29 heavy (non-hydrogen) atoms. The predicted octanol–water partition coefficient (Wildman–Crippen LogP) is 5.65. The maximum absolute atomic E-state index is 14.7. The Bertz CT molecular complexity index is 1120. The van der Waals surface area contributed by atoms with Crippen molar-refractivity contribution >= 4 is 46.8 Å². The van der Waals surface area contributed by atoms with Gasteiger partial charge in [0.2, 0.25) is 0 Å². The molecule has 0 aliphatic carbocycles. The van der Waals surface area contributed by atoms with E-state index in [-0.39, 0.29) is 11.9 Å². The van der Waals surface area contributed by atoms with Gasteiger partial charge >= 0.3 is 0 Å². The number of anilines is 1. The smallest absolute Gasteiger partial charge is 0.161 e. The Balaban J connectivity index is 2.04. The molecule has 5 nitrogen and oxygen atoms in total. The molecule has 0 unspecified atom stereocenters. The van der Waals surface area contributed by atoms with E-state index in [1.807, 2.05) is 26.0 Å². The second-order valence-corrected chi connectivity index (χ2v) is 6.90. The summed E-state index contributed by atoms with van der Waals surface area (Å²) in [6.45, 7) is 7.18. The van der Waals surface area contributed by atoms with Gasteiger partial charge in [-0.1, -0.05) is 17.7 Å². The van der Waals surface area contributed by atoms with Crippen LogP contribution in [-0.4, -0.2) is 29.9 Å². The fourth-order valence-corrected chi connectivity index (χ4v) is 3.30. The lowest BCUT2D eigenvalue weighted by molar-refractivity contribution is 0.600. The minimum Gasteiger partial charge on any atom is -0.377 e. The number of hydrogen-bond acceptors (Lipinski definition) is 5. The number of nitrogens with one attached hydrogen (secondary N) is 1. The molecule has 0 saturated carbocycles. The molecule has 1 aromatic carbocycles. The molecule has 148 valence electrons. The van der Waals surface area contributed by atoms with Gasteiger partial charge in [-0.2, -0.15) is 0 Å². The average molecular weight is 410 g/mol. The number of halogens is 2. The van der Waals surface area contributed by atoms with Gasteiger partial charge in [-0.25, -0.2) is 14.4 Å². The number of aryl methyl sites for hydroxylation is 1. The third-order valence-corrected chi connectivity index (χ3v) is 4.98. The van der Waals surface area contributed by atoms with Crippen molar-refractivity contribution in [2.75, 3.05) is 12.4 Å². The molecule has 0 radical (unpaired) electrons. The SMILES string of the molecule is C=N/C=C(\C=NC)c1ccc(F)c([C@@H](C)Nc2c(Cl)c(C)nc3ncccc23)c1. The van der Waals surface area contributed by atoms with E-state index in [4.69, 9.17) is 11.6 Å². The first-order chi connectivity index (χ1) is 14.0. The summed E-state index contributed by atoms with van der Waals surface area (Å²) in [5, 5.41) is 4.61. The van der Waals surface area contributed by atoms with E-state index in [1.54, 1.807) is 37.8 Å². The Kier molecular flexibility index (Phi) is 6.34.